The minimum absolute atomic E-state index is 0.0515. The summed E-state index contributed by atoms with van der Waals surface area (Å²) in [5.41, 5.74) is 0.265. The lowest BCUT2D eigenvalue weighted by Crippen LogP contribution is -2.28. The first kappa shape index (κ1) is 41.5. The van der Waals surface area contributed by atoms with Crippen molar-refractivity contribution in [3.05, 3.63) is 59.7 Å². The van der Waals surface area contributed by atoms with E-state index in [2.05, 4.69) is 22.9 Å². The third-order valence-electron chi connectivity index (χ3n) is 7.49. The Morgan fingerprint density at radius 2 is 1.04 bits per heavy atom. The van der Waals surface area contributed by atoms with E-state index in [1.165, 1.54) is 98.6 Å². The average Bonchev–Trinajstić information content (AvgIpc) is 2.99. The zero-order chi connectivity index (χ0) is 33.9. The van der Waals surface area contributed by atoms with E-state index in [9.17, 15) is 19.5 Å². The number of aromatic carboxylic acids is 1. The maximum atomic E-state index is 12.6. The monoisotopic (exact) mass is 720 g/mol. The van der Waals surface area contributed by atoms with E-state index in [1.807, 2.05) is 71.9 Å². The van der Waals surface area contributed by atoms with Crippen LogP contribution in [0.5, 0.6) is 0 Å². The molecule has 2 rings (SSSR count). The van der Waals surface area contributed by atoms with E-state index in [0.717, 1.165) is 11.3 Å². The maximum absolute atomic E-state index is 12.6. The van der Waals surface area contributed by atoms with Crippen molar-refractivity contribution >= 4 is 55.1 Å². The normalized spacial score (nSPS) is 12.3. The highest BCUT2D eigenvalue weighted by Gasteiger charge is 2.27. The number of rotatable bonds is 19. The van der Waals surface area contributed by atoms with Gasteiger partial charge in [-0.2, -0.15) is 0 Å². The second-order valence-corrected chi connectivity index (χ2v) is 17.1. The van der Waals surface area contributed by atoms with E-state index < -0.39 is 11.4 Å². The minimum atomic E-state index is -0.951. The molecule has 0 bridgehead atoms. The number of benzene rings is 2. The molecule has 2 aromatic carbocycles. The fourth-order valence-electron chi connectivity index (χ4n) is 4.70. The maximum Gasteiger partial charge on any atom is 0.336 e. The van der Waals surface area contributed by atoms with Gasteiger partial charge in [-0.15, -0.1) is 0 Å². The Kier molecular flexibility index (Phi) is 20.3. The van der Waals surface area contributed by atoms with Crippen molar-refractivity contribution in [2.45, 2.75) is 147 Å². The topological polar surface area (TPSA) is 71.4 Å². The van der Waals surface area contributed by atoms with Gasteiger partial charge in [-0.25, -0.2) is 4.79 Å². The van der Waals surface area contributed by atoms with Crippen LogP contribution >= 0.6 is 37.5 Å². The van der Waals surface area contributed by atoms with Gasteiger partial charge in [0, 0.05) is 26.2 Å². The molecule has 0 aliphatic carbocycles. The van der Waals surface area contributed by atoms with Gasteiger partial charge in [-0.1, -0.05) is 193 Å². The number of carboxylic acids is 1. The number of hydrogen-bond donors (Lipinski definition) is 1. The fourth-order valence-corrected chi connectivity index (χ4v) is 8.07. The number of alkyl halides is 1. The Bertz CT molecular complexity index is 1170. The van der Waals surface area contributed by atoms with Gasteiger partial charge in [-0.05, 0) is 24.6 Å². The molecule has 0 heterocycles. The molecule has 0 aliphatic heterocycles. The summed E-state index contributed by atoms with van der Waals surface area (Å²) in [4.78, 5) is 37.4. The van der Waals surface area contributed by atoms with Crippen LogP contribution in [0.2, 0.25) is 0 Å². The van der Waals surface area contributed by atoms with Crippen LogP contribution < -0.4 is 0 Å². The summed E-state index contributed by atoms with van der Waals surface area (Å²) in [6, 6.07) is 14.3. The standard InChI is InChI=1S/C20H39BrO.C18H18O3S2/c1-5-6-7-8-9-10-11-12-13-14-15-16-17-18(21)19(22)20(2,3)4;1-18(2,3)16(19)12-8-4-6-10-14(12)22-23-15-11-7-5-9-13(15)17(20)21/h18H,5-17H2,1-4H3;4-11H,1-3H3,(H,20,21). The van der Waals surface area contributed by atoms with Crippen LogP contribution in [0.15, 0.2) is 58.3 Å². The molecule has 1 unspecified atom stereocenters. The van der Waals surface area contributed by atoms with Crippen LogP contribution in [0.25, 0.3) is 0 Å². The van der Waals surface area contributed by atoms with Gasteiger partial charge in [0.2, 0.25) is 0 Å². The van der Waals surface area contributed by atoms with Gasteiger partial charge in [0.15, 0.2) is 11.6 Å². The van der Waals surface area contributed by atoms with Gasteiger partial charge >= 0.3 is 5.97 Å². The molecule has 0 amide bonds. The molecule has 2 aromatic rings. The molecular formula is C38H57BrO4S2. The summed E-state index contributed by atoms with van der Waals surface area (Å²) < 4.78 is 0. The Labute approximate surface area is 290 Å². The lowest BCUT2D eigenvalue weighted by atomic mass is 9.86. The number of hydrogen-bond acceptors (Lipinski definition) is 5. The van der Waals surface area contributed by atoms with Crippen molar-refractivity contribution in [2.24, 2.45) is 10.8 Å². The van der Waals surface area contributed by atoms with E-state index in [1.54, 1.807) is 18.2 Å². The van der Waals surface area contributed by atoms with E-state index in [4.69, 9.17) is 0 Å². The highest BCUT2D eigenvalue weighted by atomic mass is 79.9. The van der Waals surface area contributed by atoms with E-state index in [0.29, 0.717) is 16.2 Å². The number of unbranched alkanes of at least 4 members (excludes halogenated alkanes) is 11. The van der Waals surface area contributed by atoms with Crippen molar-refractivity contribution in [1.29, 1.82) is 0 Å². The van der Waals surface area contributed by atoms with Crippen LogP contribution in [-0.2, 0) is 4.79 Å². The van der Waals surface area contributed by atoms with Crippen molar-refractivity contribution in [2.75, 3.05) is 0 Å². The predicted molar refractivity (Wildman–Crippen MR) is 198 cm³/mol. The Balaban J connectivity index is 0.000000451. The summed E-state index contributed by atoms with van der Waals surface area (Å²) >= 11 is 3.56. The molecule has 0 spiro atoms. The van der Waals surface area contributed by atoms with Crippen LogP contribution in [0.3, 0.4) is 0 Å². The molecule has 1 atom stereocenters. The van der Waals surface area contributed by atoms with Crippen molar-refractivity contribution in [3.63, 3.8) is 0 Å². The summed E-state index contributed by atoms with van der Waals surface area (Å²) in [7, 11) is 2.76. The molecule has 4 nitrogen and oxygen atoms in total. The third kappa shape index (κ3) is 17.2. The summed E-state index contributed by atoms with van der Waals surface area (Å²) in [6.45, 7) is 14.0. The minimum Gasteiger partial charge on any atom is -0.478 e. The number of carbonyl (C=O) groups excluding carboxylic acids is 2. The number of ketones is 2. The van der Waals surface area contributed by atoms with Gasteiger partial charge in [0.05, 0.1) is 10.4 Å². The summed E-state index contributed by atoms with van der Waals surface area (Å²) in [6.07, 6.45) is 17.4. The molecule has 0 aliphatic rings. The molecule has 0 aromatic heterocycles. The molecule has 0 radical (unpaired) electrons. The smallest absolute Gasteiger partial charge is 0.336 e. The average molecular weight is 722 g/mol. The van der Waals surface area contributed by atoms with Gasteiger partial charge in [0.1, 0.15) is 0 Å². The first-order valence-corrected chi connectivity index (χ1v) is 19.8. The summed E-state index contributed by atoms with van der Waals surface area (Å²) in [5.74, 6) is -0.531. The van der Waals surface area contributed by atoms with Crippen LogP contribution in [0.1, 0.15) is 153 Å². The number of halogens is 1. The number of Topliss-reactive ketones (excluding diaryl/α,β-unsaturated/α-hetero) is 2. The molecule has 0 fully saturated rings. The van der Waals surface area contributed by atoms with Crippen LogP contribution in [0.4, 0.5) is 0 Å². The lowest BCUT2D eigenvalue weighted by Gasteiger charge is -2.20. The zero-order valence-electron chi connectivity index (χ0n) is 28.8. The molecular weight excluding hydrogens is 664 g/mol. The van der Waals surface area contributed by atoms with Gasteiger partial charge in [-0.3, -0.25) is 9.59 Å². The zero-order valence-corrected chi connectivity index (χ0v) is 32.0. The largest absolute Gasteiger partial charge is 0.478 e. The predicted octanol–water partition coefficient (Wildman–Crippen LogP) is 12.9. The molecule has 45 heavy (non-hydrogen) atoms. The Hall–Kier alpha value is -1.57. The SMILES string of the molecule is CC(C)(C)C(=O)c1ccccc1SSc1ccccc1C(=O)O.CCCCCCCCCCCCCCC(Br)C(=O)C(C)(C)C. The molecule has 0 saturated carbocycles. The van der Waals surface area contributed by atoms with Crippen molar-refractivity contribution < 1.29 is 19.5 Å². The lowest BCUT2D eigenvalue weighted by molar-refractivity contribution is -0.125. The second kappa shape index (κ2) is 22.1. The molecule has 1 N–H and O–H groups in total. The first-order chi connectivity index (χ1) is 21.2. The van der Waals surface area contributed by atoms with Gasteiger partial charge < -0.3 is 5.11 Å². The highest BCUT2D eigenvalue weighted by Crippen LogP contribution is 2.41. The Morgan fingerprint density at radius 1 is 0.644 bits per heavy atom. The van der Waals surface area contributed by atoms with Crippen LogP contribution in [-0.4, -0.2) is 27.5 Å². The first-order valence-electron chi connectivity index (χ1n) is 16.7. The van der Waals surface area contributed by atoms with Crippen LogP contribution in [0, 0.1) is 10.8 Å². The molecule has 252 valence electrons. The number of carboxylic acid groups (broad SMARTS) is 1. The fraction of sp³-hybridized carbons (Fsp3) is 0.605. The molecule has 7 heteroatoms. The quantitative estimate of drug-likeness (QED) is 0.0674. The highest BCUT2D eigenvalue weighted by molar-refractivity contribution is 9.10. The molecule has 0 saturated heterocycles. The summed E-state index contributed by atoms with van der Waals surface area (Å²) in [5, 5.41) is 9.24. The van der Waals surface area contributed by atoms with E-state index >= 15 is 0 Å². The second-order valence-electron chi connectivity index (χ2n) is 13.8. The van der Waals surface area contributed by atoms with Crippen molar-refractivity contribution in [1.82, 2.24) is 0 Å². The van der Waals surface area contributed by atoms with Crippen molar-refractivity contribution in [3.8, 4) is 0 Å². The third-order valence-corrected chi connectivity index (χ3v) is 10.8. The Morgan fingerprint density at radius 3 is 1.47 bits per heavy atom. The van der Waals surface area contributed by atoms with E-state index in [-0.39, 0.29) is 21.6 Å². The number of carbonyl (C=O) groups is 3. The van der Waals surface area contributed by atoms with Gasteiger partial charge in [0.25, 0.3) is 0 Å².